The summed E-state index contributed by atoms with van der Waals surface area (Å²) in [6.07, 6.45) is 6.26. The van der Waals surface area contributed by atoms with Gasteiger partial charge in [-0.1, -0.05) is 20.8 Å². The van der Waals surface area contributed by atoms with Crippen LogP contribution in [0.1, 0.15) is 45.7 Å². The lowest BCUT2D eigenvalue weighted by molar-refractivity contribution is 0.108. The number of aromatic nitrogens is 1. The van der Waals surface area contributed by atoms with Crippen LogP contribution in [-0.2, 0) is 6.54 Å². The summed E-state index contributed by atoms with van der Waals surface area (Å²) in [4.78, 5) is 3.28. The molecule has 0 aliphatic heterocycles. The maximum Gasteiger partial charge on any atom is 0.0360 e. The van der Waals surface area contributed by atoms with E-state index >= 15 is 0 Å². The van der Waals surface area contributed by atoms with Crippen LogP contribution in [0.3, 0.4) is 0 Å². The van der Waals surface area contributed by atoms with Gasteiger partial charge in [0.1, 0.15) is 0 Å². The van der Waals surface area contributed by atoms with Crippen molar-refractivity contribution in [1.29, 1.82) is 0 Å². The van der Waals surface area contributed by atoms with E-state index in [0.717, 1.165) is 12.5 Å². The molecule has 2 saturated carbocycles. The van der Waals surface area contributed by atoms with E-state index < -0.39 is 0 Å². The van der Waals surface area contributed by atoms with E-state index in [2.05, 4.69) is 43.2 Å². The summed E-state index contributed by atoms with van der Waals surface area (Å²) < 4.78 is 0. The lowest BCUT2D eigenvalue weighted by Crippen LogP contribution is -2.49. The van der Waals surface area contributed by atoms with Crippen LogP contribution in [0.2, 0.25) is 0 Å². The predicted molar refractivity (Wildman–Crippen MR) is 70.6 cm³/mol. The van der Waals surface area contributed by atoms with Crippen molar-refractivity contribution < 1.29 is 0 Å². The van der Waals surface area contributed by atoms with Gasteiger partial charge in [-0.15, -0.1) is 0 Å². The molecule has 0 spiro atoms. The van der Waals surface area contributed by atoms with Crippen molar-refractivity contribution in [1.82, 2.24) is 10.3 Å². The molecule has 2 fully saturated rings. The van der Waals surface area contributed by atoms with Gasteiger partial charge >= 0.3 is 0 Å². The Morgan fingerprint density at radius 1 is 1.41 bits per heavy atom. The Morgan fingerprint density at radius 2 is 2.24 bits per heavy atom. The van der Waals surface area contributed by atoms with Crippen LogP contribution in [0.25, 0.3) is 0 Å². The fraction of sp³-hybridized carbons (Fsp3) is 0.733. The second-order valence-corrected chi connectivity index (χ2v) is 6.92. The van der Waals surface area contributed by atoms with Crippen LogP contribution >= 0.6 is 0 Å². The summed E-state index contributed by atoms with van der Waals surface area (Å²) in [7, 11) is 0. The Hall–Kier alpha value is -0.760. The van der Waals surface area contributed by atoms with Gasteiger partial charge < -0.3 is 10.3 Å². The highest BCUT2D eigenvalue weighted by Crippen LogP contribution is 2.62. The van der Waals surface area contributed by atoms with Gasteiger partial charge in [0.2, 0.25) is 0 Å². The lowest BCUT2D eigenvalue weighted by Gasteiger charge is -2.43. The maximum atomic E-state index is 3.81. The molecule has 2 heteroatoms. The number of hydrogen-bond acceptors (Lipinski definition) is 1. The molecule has 2 aliphatic rings. The zero-order chi connectivity index (χ0) is 12.1. The van der Waals surface area contributed by atoms with Crippen molar-refractivity contribution in [3.8, 4) is 0 Å². The molecule has 1 aromatic heterocycles. The second kappa shape index (κ2) is 3.61. The van der Waals surface area contributed by atoms with E-state index in [-0.39, 0.29) is 0 Å². The van der Waals surface area contributed by atoms with E-state index in [0.29, 0.717) is 16.9 Å². The van der Waals surface area contributed by atoms with E-state index in [1.807, 2.05) is 6.20 Å². The van der Waals surface area contributed by atoms with Crippen molar-refractivity contribution in [3.63, 3.8) is 0 Å². The van der Waals surface area contributed by atoms with Crippen molar-refractivity contribution in [3.05, 3.63) is 24.0 Å². The van der Waals surface area contributed by atoms with Gasteiger partial charge in [-0.25, -0.2) is 0 Å². The van der Waals surface area contributed by atoms with E-state index in [9.17, 15) is 0 Å². The molecule has 0 radical (unpaired) electrons. The highest BCUT2D eigenvalue weighted by molar-refractivity contribution is 5.13. The van der Waals surface area contributed by atoms with Crippen molar-refractivity contribution >= 4 is 0 Å². The van der Waals surface area contributed by atoms with Gasteiger partial charge in [-0.05, 0) is 48.1 Å². The molecule has 2 N–H and O–H groups in total. The Labute approximate surface area is 104 Å². The minimum atomic E-state index is 0.458. The highest BCUT2D eigenvalue weighted by atomic mass is 15.0. The minimum absolute atomic E-state index is 0.458. The molecule has 94 valence electrons. The first-order valence-corrected chi connectivity index (χ1v) is 6.88. The Kier molecular flexibility index (Phi) is 2.41. The third kappa shape index (κ3) is 1.65. The SMILES string of the molecule is CC12CCC(C1)C(C)(C)C2NCc1ccc[nH]1. The summed E-state index contributed by atoms with van der Waals surface area (Å²) in [5.41, 5.74) is 2.28. The second-order valence-electron chi connectivity index (χ2n) is 6.92. The van der Waals surface area contributed by atoms with Gasteiger partial charge in [-0.2, -0.15) is 0 Å². The molecule has 2 nitrogen and oxygen atoms in total. The topological polar surface area (TPSA) is 27.8 Å². The Balaban J connectivity index is 1.74. The van der Waals surface area contributed by atoms with Gasteiger partial charge in [0.15, 0.2) is 0 Å². The summed E-state index contributed by atoms with van der Waals surface area (Å²) in [6.45, 7) is 8.36. The van der Waals surface area contributed by atoms with Crippen molar-refractivity contribution in [2.75, 3.05) is 0 Å². The van der Waals surface area contributed by atoms with Crippen LogP contribution in [0, 0.1) is 16.7 Å². The number of rotatable bonds is 3. The van der Waals surface area contributed by atoms with E-state index in [1.54, 1.807) is 0 Å². The standard InChI is InChI=1S/C15H24N2/c1-14(2)11-6-7-15(3,9-11)13(14)17-10-12-5-4-8-16-12/h4-5,8,11,13,16-17H,6-7,9-10H2,1-3H3. The molecule has 0 amide bonds. The molecular formula is C15H24N2. The summed E-state index contributed by atoms with van der Waals surface area (Å²) >= 11 is 0. The number of fused-ring (bicyclic) bond motifs is 2. The molecule has 3 rings (SSSR count). The van der Waals surface area contributed by atoms with Crippen LogP contribution in [0.5, 0.6) is 0 Å². The van der Waals surface area contributed by atoms with Crippen LogP contribution < -0.4 is 5.32 Å². The third-order valence-electron chi connectivity index (χ3n) is 5.43. The normalized spacial score (nSPS) is 38.8. The fourth-order valence-corrected chi connectivity index (χ4v) is 4.50. The van der Waals surface area contributed by atoms with E-state index in [4.69, 9.17) is 0 Å². The molecule has 2 bridgehead atoms. The number of H-pyrrole nitrogens is 1. The zero-order valence-corrected chi connectivity index (χ0v) is 11.2. The molecular weight excluding hydrogens is 208 g/mol. The molecule has 17 heavy (non-hydrogen) atoms. The summed E-state index contributed by atoms with van der Waals surface area (Å²) in [5, 5.41) is 3.81. The molecule has 1 heterocycles. The Bertz CT molecular complexity index is 388. The van der Waals surface area contributed by atoms with Crippen LogP contribution in [0.4, 0.5) is 0 Å². The first-order valence-electron chi connectivity index (χ1n) is 6.88. The zero-order valence-electron chi connectivity index (χ0n) is 11.2. The molecule has 0 saturated heterocycles. The molecule has 0 aromatic carbocycles. The summed E-state index contributed by atoms with van der Waals surface area (Å²) in [6, 6.07) is 4.90. The lowest BCUT2D eigenvalue weighted by atomic mass is 9.68. The maximum absolute atomic E-state index is 3.81. The van der Waals surface area contributed by atoms with Gasteiger partial charge in [0, 0.05) is 24.5 Å². The van der Waals surface area contributed by atoms with Crippen LogP contribution in [0.15, 0.2) is 18.3 Å². The number of nitrogens with one attached hydrogen (secondary N) is 2. The predicted octanol–water partition coefficient (Wildman–Crippen LogP) is 3.32. The Morgan fingerprint density at radius 3 is 2.82 bits per heavy atom. The van der Waals surface area contributed by atoms with Crippen molar-refractivity contribution in [2.24, 2.45) is 16.7 Å². The average molecular weight is 232 g/mol. The number of aromatic amines is 1. The van der Waals surface area contributed by atoms with Crippen molar-refractivity contribution in [2.45, 2.75) is 52.6 Å². The molecule has 2 aliphatic carbocycles. The monoisotopic (exact) mass is 232 g/mol. The first kappa shape index (κ1) is 11.3. The smallest absolute Gasteiger partial charge is 0.0360 e. The minimum Gasteiger partial charge on any atom is -0.364 e. The largest absolute Gasteiger partial charge is 0.364 e. The van der Waals surface area contributed by atoms with Gasteiger partial charge in [0.05, 0.1) is 0 Å². The molecule has 3 unspecified atom stereocenters. The van der Waals surface area contributed by atoms with E-state index in [1.165, 1.54) is 25.0 Å². The fourth-order valence-electron chi connectivity index (χ4n) is 4.50. The van der Waals surface area contributed by atoms with Crippen LogP contribution in [-0.4, -0.2) is 11.0 Å². The van der Waals surface area contributed by atoms with Gasteiger partial charge in [-0.3, -0.25) is 0 Å². The molecule has 3 atom stereocenters. The quantitative estimate of drug-likeness (QED) is 0.822. The first-order chi connectivity index (χ1) is 8.02. The average Bonchev–Trinajstić information content (AvgIpc) is 2.90. The van der Waals surface area contributed by atoms with Gasteiger partial charge in [0.25, 0.3) is 0 Å². The molecule has 1 aromatic rings. The summed E-state index contributed by atoms with van der Waals surface area (Å²) in [5.74, 6) is 0.925. The highest BCUT2D eigenvalue weighted by Gasteiger charge is 2.58. The third-order valence-corrected chi connectivity index (χ3v) is 5.43. The number of hydrogen-bond donors (Lipinski definition) is 2.